The van der Waals surface area contributed by atoms with E-state index in [1.807, 2.05) is 13.0 Å². The van der Waals surface area contributed by atoms with Gasteiger partial charge < -0.3 is 10.0 Å². The summed E-state index contributed by atoms with van der Waals surface area (Å²) in [6, 6.07) is 4.95. The minimum atomic E-state index is -0.776. The van der Waals surface area contributed by atoms with Gasteiger partial charge in [-0.25, -0.2) is 4.39 Å². The lowest BCUT2D eigenvalue weighted by atomic mass is 10.1. The summed E-state index contributed by atoms with van der Waals surface area (Å²) in [4.78, 5) is 2.09. The molecule has 1 rings (SSSR count). The number of hydrogen-bond donors (Lipinski definition) is 1. The van der Waals surface area contributed by atoms with Gasteiger partial charge in [0.05, 0.1) is 6.10 Å². The molecule has 0 unspecified atom stereocenters. The number of anilines is 1. The lowest BCUT2D eigenvalue weighted by molar-refractivity contribution is 0.194. The van der Waals surface area contributed by atoms with Crippen LogP contribution in [0.1, 0.15) is 38.9 Å². The lowest BCUT2D eigenvalue weighted by Crippen LogP contribution is -2.25. The minimum Gasteiger partial charge on any atom is -0.389 e. The van der Waals surface area contributed by atoms with E-state index in [2.05, 4.69) is 11.8 Å². The molecule has 90 valence electrons. The highest BCUT2D eigenvalue weighted by molar-refractivity contribution is 5.55. The van der Waals surface area contributed by atoms with Crippen molar-refractivity contribution in [3.63, 3.8) is 0 Å². The molecule has 1 atom stereocenters. The third kappa shape index (κ3) is 2.73. The first-order chi connectivity index (χ1) is 7.61. The lowest BCUT2D eigenvalue weighted by Gasteiger charge is -2.26. The molecule has 1 aromatic carbocycles. The standard InChI is InChI=1S/C13H20FNO/c1-4-9-15(5-2)12-8-6-7-11(14)13(12)10(3)16/h6-8,10,16H,4-5,9H2,1-3H3/t10-/m0/s1. The fourth-order valence-electron chi connectivity index (χ4n) is 1.93. The average molecular weight is 225 g/mol. The number of halogens is 1. The summed E-state index contributed by atoms with van der Waals surface area (Å²) >= 11 is 0. The molecule has 0 aromatic heterocycles. The van der Waals surface area contributed by atoms with Gasteiger partial charge in [0.15, 0.2) is 0 Å². The van der Waals surface area contributed by atoms with Crippen molar-refractivity contribution in [3.8, 4) is 0 Å². The number of aliphatic hydroxyl groups is 1. The first kappa shape index (κ1) is 13.0. The predicted molar refractivity (Wildman–Crippen MR) is 65.2 cm³/mol. The third-order valence-electron chi connectivity index (χ3n) is 2.66. The van der Waals surface area contributed by atoms with Crippen LogP contribution in [0.3, 0.4) is 0 Å². The third-order valence-corrected chi connectivity index (χ3v) is 2.66. The Morgan fingerprint density at radius 2 is 2.06 bits per heavy atom. The smallest absolute Gasteiger partial charge is 0.131 e. The molecule has 2 nitrogen and oxygen atoms in total. The summed E-state index contributed by atoms with van der Waals surface area (Å²) in [5.41, 5.74) is 1.21. The molecular formula is C13H20FNO. The summed E-state index contributed by atoms with van der Waals surface area (Å²) < 4.78 is 13.7. The van der Waals surface area contributed by atoms with Crippen molar-refractivity contribution in [2.24, 2.45) is 0 Å². The van der Waals surface area contributed by atoms with Gasteiger partial charge >= 0.3 is 0 Å². The van der Waals surface area contributed by atoms with Crippen molar-refractivity contribution < 1.29 is 9.50 Å². The molecule has 16 heavy (non-hydrogen) atoms. The maximum atomic E-state index is 13.7. The summed E-state index contributed by atoms with van der Waals surface area (Å²) in [6.45, 7) is 7.41. The highest BCUT2D eigenvalue weighted by atomic mass is 19.1. The van der Waals surface area contributed by atoms with Gasteiger partial charge in [0, 0.05) is 24.3 Å². The molecule has 0 aliphatic rings. The van der Waals surface area contributed by atoms with Gasteiger partial charge in [-0.15, -0.1) is 0 Å². The fourth-order valence-corrected chi connectivity index (χ4v) is 1.93. The van der Waals surface area contributed by atoms with E-state index in [4.69, 9.17) is 0 Å². The van der Waals surface area contributed by atoms with Crippen molar-refractivity contribution in [2.75, 3.05) is 18.0 Å². The first-order valence-corrected chi connectivity index (χ1v) is 5.83. The Bertz CT molecular complexity index is 339. The molecule has 0 saturated carbocycles. The molecule has 0 spiro atoms. The molecule has 0 fully saturated rings. The Morgan fingerprint density at radius 1 is 1.38 bits per heavy atom. The number of aliphatic hydroxyl groups excluding tert-OH is 1. The van der Waals surface area contributed by atoms with Crippen LogP contribution in [0, 0.1) is 5.82 Å². The number of rotatable bonds is 5. The van der Waals surface area contributed by atoms with Gasteiger partial charge in [-0.2, -0.15) is 0 Å². The summed E-state index contributed by atoms with van der Waals surface area (Å²) in [6.07, 6.45) is 0.228. The zero-order valence-corrected chi connectivity index (χ0v) is 10.2. The van der Waals surface area contributed by atoms with E-state index in [1.165, 1.54) is 6.07 Å². The van der Waals surface area contributed by atoms with Crippen LogP contribution in [0.5, 0.6) is 0 Å². The van der Waals surface area contributed by atoms with Crippen LogP contribution in [0.2, 0.25) is 0 Å². The molecular weight excluding hydrogens is 205 g/mol. The van der Waals surface area contributed by atoms with Crippen LogP contribution in [-0.2, 0) is 0 Å². The van der Waals surface area contributed by atoms with Crippen LogP contribution in [-0.4, -0.2) is 18.2 Å². The largest absolute Gasteiger partial charge is 0.389 e. The normalized spacial score (nSPS) is 12.6. The SMILES string of the molecule is CCCN(CC)c1cccc(F)c1[C@H](C)O. The Labute approximate surface area is 96.7 Å². The number of benzene rings is 1. The van der Waals surface area contributed by atoms with Crippen molar-refractivity contribution in [3.05, 3.63) is 29.6 Å². The van der Waals surface area contributed by atoms with E-state index in [9.17, 15) is 9.50 Å². The Hall–Kier alpha value is -1.09. The van der Waals surface area contributed by atoms with E-state index in [1.54, 1.807) is 13.0 Å². The van der Waals surface area contributed by atoms with Crippen molar-refractivity contribution in [2.45, 2.75) is 33.3 Å². The Kier molecular flexibility index (Phi) is 4.74. The molecule has 0 amide bonds. The van der Waals surface area contributed by atoms with Crippen LogP contribution < -0.4 is 4.90 Å². The quantitative estimate of drug-likeness (QED) is 0.832. The Morgan fingerprint density at radius 3 is 2.56 bits per heavy atom. The summed E-state index contributed by atoms with van der Waals surface area (Å²) in [7, 11) is 0. The van der Waals surface area contributed by atoms with E-state index < -0.39 is 6.10 Å². The topological polar surface area (TPSA) is 23.5 Å². The average Bonchev–Trinajstić information content (AvgIpc) is 2.25. The van der Waals surface area contributed by atoms with Crippen LogP contribution >= 0.6 is 0 Å². The highest BCUT2D eigenvalue weighted by Gasteiger charge is 2.16. The van der Waals surface area contributed by atoms with Gasteiger partial charge in [-0.3, -0.25) is 0 Å². The molecule has 0 aliphatic heterocycles. The Balaban J connectivity index is 3.15. The molecule has 1 N–H and O–H groups in total. The molecule has 0 heterocycles. The van der Waals surface area contributed by atoms with E-state index in [0.29, 0.717) is 5.56 Å². The molecule has 3 heteroatoms. The van der Waals surface area contributed by atoms with Crippen molar-refractivity contribution in [1.29, 1.82) is 0 Å². The zero-order valence-electron chi connectivity index (χ0n) is 10.2. The van der Waals surface area contributed by atoms with Crippen molar-refractivity contribution >= 4 is 5.69 Å². The maximum Gasteiger partial charge on any atom is 0.131 e. The molecule has 0 saturated heterocycles. The monoisotopic (exact) mass is 225 g/mol. The van der Waals surface area contributed by atoms with Crippen molar-refractivity contribution in [1.82, 2.24) is 0 Å². The predicted octanol–water partition coefficient (Wildman–Crippen LogP) is 3.12. The molecule has 0 bridgehead atoms. The van der Waals surface area contributed by atoms with Gasteiger partial charge in [0.25, 0.3) is 0 Å². The first-order valence-electron chi connectivity index (χ1n) is 5.83. The van der Waals surface area contributed by atoms with E-state index in [-0.39, 0.29) is 5.82 Å². The molecule has 0 aliphatic carbocycles. The zero-order chi connectivity index (χ0) is 12.1. The number of nitrogens with zero attached hydrogens (tertiary/aromatic N) is 1. The fraction of sp³-hybridized carbons (Fsp3) is 0.538. The molecule has 1 aromatic rings. The van der Waals surface area contributed by atoms with Gasteiger partial charge in [-0.1, -0.05) is 13.0 Å². The highest BCUT2D eigenvalue weighted by Crippen LogP contribution is 2.28. The van der Waals surface area contributed by atoms with Gasteiger partial charge in [0.2, 0.25) is 0 Å². The second-order valence-corrected chi connectivity index (χ2v) is 3.93. The minimum absolute atomic E-state index is 0.331. The summed E-state index contributed by atoms with van der Waals surface area (Å²) in [5.74, 6) is -0.331. The van der Waals surface area contributed by atoms with E-state index in [0.717, 1.165) is 25.2 Å². The molecule has 0 radical (unpaired) electrons. The maximum absolute atomic E-state index is 13.7. The summed E-state index contributed by atoms with van der Waals surface area (Å²) in [5, 5.41) is 9.63. The van der Waals surface area contributed by atoms with E-state index >= 15 is 0 Å². The second kappa shape index (κ2) is 5.85. The van der Waals surface area contributed by atoms with Gasteiger partial charge in [0.1, 0.15) is 5.82 Å². The van der Waals surface area contributed by atoms with Gasteiger partial charge in [-0.05, 0) is 32.4 Å². The van der Waals surface area contributed by atoms with Crippen LogP contribution in [0.15, 0.2) is 18.2 Å². The second-order valence-electron chi connectivity index (χ2n) is 3.93. The van der Waals surface area contributed by atoms with Crippen LogP contribution in [0.4, 0.5) is 10.1 Å². The van der Waals surface area contributed by atoms with Crippen LogP contribution in [0.25, 0.3) is 0 Å². The number of hydrogen-bond acceptors (Lipinski definition) is 2.